The molecule has 0 N–H and O–H groups in total. The quantitative estimate of drug-likeness (QED) is 0.166. The molecule has 0 aliphatic carbocycles. The zero-order valence-electron chi connectivity index (χ0n) is 22.3. The maximum atomic E-state index is 13.8. The first-order valence-corrected chi connectivity index (χ1v) is 14.7. The highest BCUT2D eigenvalue weighted by Gasteiger charge is 2.18. The third kappa shape index (κ3) is 4.64. The van der Waals surface area contributed by atoms with Crippen molar-refractivity contribution in [1.82, 2.24) is 14.2 Å². The van der Waals surface area contributed by atoms with Crippen molar-refractivity contribution in [2.45, 2.75) is 6.54 Å². The van der Waals surface area contributed by atoms with Crippen LogP contribution in [0, 0.1) is 0 Å². The van der Waals surface area contributed by atoms with Crippen LogP contribution in [0.5, 0.6) is 5.75 Å². The van der Waals surface area contributed by atoms with E-state index in [4.69, 9.17) is 19.2 Å². The van der Waals surface area contributed by atoms with Crippen molar-refractivity contribution in [1.29, 1.82) is 0 Å². The van der Waals surface area contributed by atoms with Gasteiger partial charge in [-0.25, -0.2) is 4.98 Å². The average Bonchev–Trinajstić information content (AvgIpc) is 3.60. The molecule has 0 aliphatic heterocycles. The number of ether oxygens (including phenoxy) is 1. The van der Waals surface area contributed by atoms with E-state index in [1.165, 1.54) is 4.68 Å². The van der Waals surface area contributed by atoms with Gasteiger partial charge in [-0.15, -0.1) is 0 Å². The lowest BCUT2D eigenvalue weighted by atomic mass is 10.2. The van der Waals surface area contributed by atoms with Crippen LogP contribution >= 0.6 is 31.9 Å². The number of methoxy groups -OCH3 is 1. The van der Waals surface area contributed by atoms with E-state index in [0.29, 0.717) is 40.4 Å². The molecule has 4 aromatic carbocycles. The highest BCUT2D eigenvalue weighted by Crippen LogP contribution is 2.33. The maximum Gasteiger partial charge on any atom is 0.282 e. The normalized spacial score (nSPS) is 11.8. The largest absolute Gasteiger partial charge is 0.496 e. The van der Waals surface area contributed by atoms with E-state index in [9.17, 15) is 4.79 Å². The predicted molar refractivity (Wildman–Crippen MR) is 174 cm³/mol. The molecule has 0 saturated carbocycles. The van der Waals surface area contributed by atoms with Crippen LogP contribution in [0.2, 0.25) is 0 Å². The Balaban J connectivity index is 1.38. The summed E-state index contributed by atoms with van der Waals surface area (Å²) in [6, 6.07) is 28.9. The molecule has 0 atom stereocenters. The number of para-hydroxylation sites is 2. The Morgan fingerprint density at radius 1 is 0.929 bits per heavy atom. The van der Waals surface area contributed by atoms with Crippen molar-refractivity contribution in [2.24, 2.45) is 5.10 Å². The van der Waals surface area contributed by atoms with Crippen LogP contribution in [0.3, 0.4) is 0 Å². The number of aromatic nitrogens is 3. The van der Waals surface area contributed by atoms with E-state index in [1.54, 1.807) is 19.4 Å². The molecule has 7 rings (SSSR count). The van der Waals surface area contributed by atoms with Gasteiger partial charge in [-0.05, 0) is 54.1 Å². The molecule has 0 spiro atoms. The smallest absolute Gasteiger partial charge is 0.282 e. The summed E-state index contributed by atoms with van der Waals surface area (Å²) < 4.78 is 17.2. The van der Waals surface area contributed by atoms with Gasteiger partial charge in [-0.2, -0.15) is 9.78 Å². The molecule has 42 heavy (non-hydrogen) atoms. The summed E-state index contributed by atoms with van der Waals surface area (Å²) in [6.45, 7) is 0.658. The fourth-order valence-electron chi connectivity index (χ4n) is 5.17. The summed E-state index contributed by atoms with van der Waals surface area (Å²) in [4.78, 5) is 18.6. The highest BCUT2D eigenvalue weighted by molar-refractivity contribution is 9.11. The number of rotatable bonds is 6. The van der Waals surface area contributed by atoms with Crippen LogP contribution in [0.1, 0.15) is 11.1 Å². The van der Waals surface area contributed by atoms with Gasteiger partial charge in [0.2, 0.25) is 5.82 Å². The second kappa shape index (κ2) is 10.7. The lowest BCUT2D eigenvalue weighted by Gasteiger charge is -2.08. The topological polar surface area (TPSA) is 74.6 Å². The Hall–Kier alpha value is -4.47. The molecule has 0 bridgehead atoms. The van der Waals surface area contributed by atoms with Crippen molar-refractivity contribution in [2.75, 3.05) is 7.11 Å². The summed E-state index contributed by atoms with van der Waals surface area (Å²) in [5, 5.41) is 6.99. The number of benzene rings is 4. The Morgan fingerprint density at radius 3 is 2.57 bits per heavy atom. The van der Waals surface area contributed by atoms with Crippen LogP contribution in [0.4, 0.5) is 0 Å². The third-order valence-electron chi connectivity index (χ3n) is 7.20. The molecular weight excluding hydrogens is 660 g/mol. The first-order valence-electron chi connectivity index (χ1n) is 13.1. The summed E-state index contributed by atoms with van der Waals surface area (Å²) >= 11 is 7.21. The minimum absolute atomic E-state index is 0.290. The molecule has 7 aromatic rings. The van der Waals surface area contributed by atoms with Crippen LogP contribution in [-0.4, -0.2) is 27.6 Å². The second-order valence-electron chi connectivity index (χ2n) is 9.76. The molecule has 206 valence electrons. The average molecular weight is 682 g/mol. The number of hydrogen-bond acceptors (Lipinski definition) is 5. The molecule has 0 unspecified atom stereocenters. The van der Waals surface area contributed by atoms with E-state index in [0.717, 1.165) is 36.4 Å². The SMILES string of the molecule is COc1cccc2oc(-c3nc4ccccc4c(=O)n3N=Cc3cn(Cc4ccc(Br)cc4Br)c4ccccc34)cc12. The molecule has 0 aliphatic rings. The molecular formula is C33H22Br2N4O3. The van der Waals surface area contributed by atoms with Crippen LogP contribution in [-0.2, 0) is 6.54 Å². The molecule has 7 nitrogen and oxygen atoms in total. The zero-order chi connectivity index (χ0) is 28.8. The Morgan fingerprint density at radius 2 is 1.74 bits per heavy atom. The van der Waals surface area contributed by atoms with Gasteiger partial charge >= 0.3 is 0 Å². The van der Waals surface area contributed by atoms with Crippen molar-refractivity contribution in [3.05, 3.63) is 128 Å². The van der Waals surface area contributed by atoms with E-state index >= 15 is 0 Å². The van der Waals surface area contributed by atoms with Crippen LogP contribution in [0.25, 0.3) is 44.4 Å². The predicted octanol–water partition coefficient (Wildman–Crippen LogP) is 8.23. The molecule has 0 saturated heterocycles. The van der Waals surface area contributed by atoms with Gasteiger partial charge in [0.15, 0.2) is 5.76 Å². The molecule has 3 heterocycles. The maximum absolute atomic E-state index is 13.8. The number of furan rings is 1. The summed E-state index contributed by atoms with van der Waals surface area (Å²) in [5.74, 6) is 1.39. The number of halogens is 2. The minimum Gasteiger partial charge on any atom is -0.496 e. The van der Waals surface area contributed by atoms with Gasteiger partial charge in [0.1, 0.15) is 11.3 Å². The van der Waals surface area contributed by atoms with Gasteiger partial charge in [0, 0.05) is 38.2 Å². The lowest BCUT2D eigenvalue weighted by molar-refractivity contribution is 0.419. The van der Waals surface area contributed by atoms with Crippen molar-refractivity contribution in [3.63, 3.8) is 0 Å². The van der Waals surface area contributed by atoms with Crippen LogP contribution in [0.15, 0.2) is 120 Å². The van der Waals surface area contributed by atoms with Gasteiger partial charge in [-0.1, -0.05) is 74.3 Å². The fourth-order valence-corrected chi connectivity index (χ4v) is 6.35. The van der Waals surface area contributed by atoms with Gasteiger partial charge in [0.05, 0.1) is 29.6 Å². The zero-order valence-corrected chi connectivity index (χ0v) is 25.5. The molecule has 3 aromatic heterocycles. The molecule has 9 heteroatoms. The molecule has 0 amide bonds. The first kappa shape index (κ1) is 26.4. The number of nitrogens with zero attached hydrogens (tertiary/aromatic N) is 4. The molecule has 0 fully saturated rings. The van der Waals surface area contributed by atoms with Gasteiger partial charge < -0.3 is 13.7 Å². The summed E-state index contributed by atoms with van der Waals surface area (Å²) in [7, 11) is 1.61. The first-order chi connectivity index (χ1) is 20.5. The van der Waals surface area contributed by atoms with Crippen molar-refractivity contribution in [3.8, 4) is 17.3 Å². The Labute approximate surface area is 256 Å². The van der Waals surface area contributed by atoms with E-state index in [2.05, 4.69) is 54.6 Å². The van der Waals surface area contributed by atoms with Crippen molar-refractivity contribution < 1.29 is 9.15 Å². The third-order valence-corrected chi connectivity index (χ3v) is 8.43. The Bertz CT molecular complexity index is 2230. The number of fused-ring (bicyclic) bond motifs is 3. The Kier molecular flexibility index (Phi) is 6.76. The van der Waals surface area contributed by atoms with Crippen LogP contribution < -0.4 is 10.3 Å². The fraction of sp³-hybridized carbons (Fsp3) is 0.0606. The monoisotopic (exact) mass is 680 g/mol. The van der Waals surface area contributed by atoms with E-state index < -0.39 is 0 Å². The second-order valence-corrected chi connectivity index (χ2v) is 11.5. The van der Waals surface area contributed by atoms with E-state index in [1.807, 2.05) is 72.9 Å². The van der Waals surface area contributed by atoms with Crippen molar-refractivity contribution >= 4 is 70.8 Å². The minimum atomic E-state index is -0.290. The van der Waals surface area contributed by atoms with Gasteiger partial charge in [0.25, 0.3) is 5.56 Å². The number of hydrogen-bond donors (Lipinski definition) is 0. The lowest BCUT2D eigenvalue weighted by Crippen LogP contribution is -2.20. The highest BCUT2D eigenvalue weighted by atomic mass is 79.9. The van der Waals surface area contributed by atoms with Gasteiger partial charge in [-0.3, -0.25) is 4.79 Å². The molecule has 0 radical (unpaired) electrons. The summed E-state index contributed by atoms with van der Waals surface area (Å²) in [6.07, 6.45) is 3.76. The summed E-state index contributed by atoms with van der Waals surface area (Å²) in [5.41, 5.74) is 3.97. The van der Waals surface area contributed by atoms with E-state index in [-0.39, 0.29) is 5.56 Å². The standard InChI is InChI=1S/C33H22Br2N4O3/c1-41-29-11-6-12-30-25(29)16-31(42-30)32-37-27-9-4-2-8-24(27)33(40)39(32)36-17-21-19-38(28-10-5-3-7-23(21)28)18-20-13-14-22(34)15-26(20)35/h2-17,19H,18H2,1H3.